The summed E-state index contributed by atoms with van der Waals surface area (Å²) < 4.78 is 68.8. The van der Waals surface area contributed by atoms with Crippen molar-refractivity contribution in [3.8, 4) is 0 Å². The fourth-order valence-corrected chi connectivity index (χ4v) is 14.9. The second-order valence-corrected chi connectivity index (χ2v) is 34.0. The molecule has 5 atom stereocenters. The zero-order chi connectivity index (χ0) is 76.2. The predicted molar refractivity (Wildman–Crippen MR) is 428 cm³/mol. The predicted octanol–water partition coefficient (Wildman–Crippen LogP) is 26.0. The fourth-order valence-electron chi connectivity index (χ4n) is 13.3. The van der Waals surface area contributed by atoms with Gasteiger partial charge in [0.15, 0.2) is 12.2 Å². The molecule has 0 saturated carbocycles. The number of carbonyl (C=O) groups excluding carboxylic acids is 4. The lowest BCUT2D eigenvalue weighted by Crippen LogP contribution is -2.30. The third kappa shape index (κ3) is 78.2. The minimum absolute atomic E-state index is 0.108. The molecule has 0 aliphatic rings. The number of esters is 4. The maximum absolute atomic E-state index is 13.1. The summed E-state index contributed by atoms with van der Waals surface area (Å²) in [5.74, 6) is -1.28. The van der Waals surface area contributed by atoms with Crippen molar-refractivity contribution in [1.82, 2.24) is 0 Å². The van der Waals surface area contributed by atoms with Crippen LogP contribution in [0.3, 0.4) is 0 Å². The van der Waals surface area contributed by atoms with Crippen LogP contribution in [-0.2, 0) is 65.4 Å². The molecule has 0 bridgehead atoms. The van der Waals surface area contributed by atoms with Crippen LogP contribution >= 0.6 is 15.6 Å². The first-order valence-corrected chi connectivity index (χ1v) is 47.1. The Labute approximate surface area is 638 Å². The highest BCUT2D eigenvalue weighted by atomic mass is 31.2. The Bertz CT molecular complexity index is 1980. The van der Waals surface area contributed by atoms with Gasteiger partial charge in [0.05, 0.1) is 26.4 Å². The molecule has 3 N–H and O–H groups in total. The number of carbonyl (C=O) groups is 4. The van der Waals surface area contributed by atoms with E-state index in [1.807, 2.05) is 0 Å². The lowest BCUT2D eigenvalue weighted by molar-refractivity contribution is -0.161. The van der Waals surface area contributed by atoms with E-state index in [2.05, 4.69) is 34.6 Å². The topological polar surface area (TPSA) is 237 Å². The van der Waals surface area contributed by atoms with Gasteiger partial charge in [-0.25, -0.2) is 9.13 Å². The molecule has 0 rings (SSSR count). The number of unbranched alkanes of at least 4 members (excludes halogenated alkanes) is 57. The molecule has 0 aliphatic heterocycles. The molecule has 0 saturated heterocycles. The minimum Gasteiger partial charge on any atom is -0.462 e. The molecule has 0 aromatic carbocycles. The Morgan fingerprint density at radius 1 is 0.260 bits per heavy atom. The van der Waals surface area contributed by atoms with Gasteiger partial charge in [0.2, 0.25) is 0 Å². The van der Waals surface area contributed by atoms with Gasteiger partial charge in [0.25, 0.3) is 0 Å². The molecule has 0 fully saturated rings. The molecule has 0 heterocycles. The molecule has 0 aliphatic carbocycles. The summed E-state index contributed by atoms with van der Waals surface area (Å²) in [6.45, 7) is 7.38. The summed E-state index contributed by atoms with van der Waals surface area (Å²) in [6.07, 6.45) is 70.9. The molecule has 104 heavy (non-hydrogen) atoms. The Hall–Kier alpha value is -1.94. The Kier molecular flexibility index (Phi) is 76.3. The minimum atomic E-state index is -4.96. The van der Waals surface area contributed by atoms with Crippen LogP contribution in [0.5, 0.6) is 0 Å². The molecule has 618 valence electrons. The average Bonchev–Trinajstić information content (AvgIpc) is 0.912. The van der Waals surface area contributed by atoms with Crippen molar-refractivity contribution in [3.05, 3.63) is 0 Å². The van der Waals surface area contributed by atoms with Gasteiger partial charge in [0, 0.05) is 25.7 Å². The van der Waals surface area contributed by atoms with Gasteiger partial charge in [0.1, 0.15) is 19.3 Å². The van der Waals surface area contributed by atoms with E-state index in [-0.39, 0.29) is 25.7 Å². The summed E-state index contributed by atoms with van der Waals surface area (Å²) in [7, 11) is -9.92. The van der Waals surface area contributed by atoms with E-state index in [0.29, 0.717) is 25.7 Å². The van der Waals surface area contributed by atoms with Gasteiger partial charge in [-0.15, -0.1) is 0 Å². The van der Waals surface area contributed by atoms with E-state index in [9.17, 15) is 43.2 Å². The Balaban J connectivity index is 5.19. The summed E-state index contributed by atoms with van der Waals surface area (Å²) in [5, 5.41) is 10.7. The van der Waals surface area contributed by atoms with Crippen molar-refractivity contribution in [2.45, 2.75) is 477 Å². The van der Waals surface area contributed by atoms with Crippen LogP contribution < -0.4 is 0 Å². The van der Waals surface area contributed by atoms with Crippen molar-refractivity contribution >= 4 is 39.5 Å². The quantitative estimate of drug-likeness (QED) is 0.0222. The lowest BCUT2D eigenvalue weighted by Gasteiger charge is -2.21. The number of rotatable bonds is 85. The van der Waals surface area contributed by atoms with Gasteiger partial charge in [-0.3, -0.25) is 37.3 Å². The number of hydrogen-bond donors (Lipinski definition) is 3. The van der Waals surface area contributed by atoms with E-state index in [1.54, 1.807) is 0 Å². The standard InChI is InChI=1S/C85H166O17P2/c1-6-9-12-15-18-21-24-25-26-27-28-29-30-34-37-40-45-49-54-59-64-69-83(88)96-75-81(102-85(90)71-66-61-56-51-46-41-38-35-32-31-33-36-39-44-47-52-57-62-67-78(4)5)77-100-104(93,94)98-73-79(86)72-97-103(91,92)99-76-80(101-84(89)70-65-60-55-50-43-23-20-17-14-11-8-3)74-95-82(87)68-63-58-53-48-42-22-19-16-13-10-7-2/h78-81,86H,6-77H2,1-5H3,(H,91,92)(H,93,94)/t79-,80+,81+/m0/s1. The third-order valence-corrected chi connectivity index (χ3v) is 21.9. The number of ether oxygens (including phenoxy) is 4. The summed E-state index contributed by atoms with van der Waals surface area (Å²) >= 11 is 0. The Morgan fingerprint density at radius 2 is 0.442 bits per heavy atom. The van der Waals surface area contributed by atoms with Gasteiger partial charge in [-0.05, 0) is 31.6 Å². The van der Waals surface area contributed by atoms with E-state index in [0.717, 1.165) is 95.8 Å². The van der Waals surface area contributed by atoms with Crippen molar-refractivity contribution in [2.24, 2.45) is 5.92 Å². The van der Waals surface area contributed by atoms with Crippen LogP contribution in [0.2, 0.25) is 0 Å². The highest BCUT2D eigenvalue weighted by Gasteiger charge is 2.30. The first kappa shape index (κ1) is 102. The normalized spacial score (nSPS) is 13.8. The molecule has 0 amide bonds. The second-order valence-electron chi connectivity index (χ2n) is 31.1. The van der Waals surface area contributed by atoms with E-state index in [1.165, 1.54) is 283 Å². The first-order valence-electron chi connectivity index (χ1n) is 44.1. The third-order valence-electron chi connectivity index (χ3n) is 20.0. The molecule has 0 radical (unpaired) electrons. The van der Waals surface area contributed by atoms with Crippen molar-refractivity contribution < 1.29 is 80.2 Å². The lowest BCUT2D eigenvalue weighted by atomic mass is 10.0. The molecular formula is C85H166O17P2. The number of aliphatic hydroxyl groups is 1. The molecule has 0 spiro atoms. The van der Waals surface area contributed by atoms with Crippen LogP contribution in [0.25, 0.3) is 0 Å². The van der Waals surface area contributed by atoms with Crippen LogP contribution in [0, 0.1) is 5.92 Å². The molecule has 17 nitrogen and oxygen atoms in total. The monoisotopic (exact) mass is 1520 g/mol. The number of hydrogen-bond acceptors (Lipinski definition) is 15. The first-order chi connectivity index (χ1) is 50.5. The van der Waals surface area contributed by atoms with E-state index < -0.39 is 97.5 Å². The second kappa shape index (κ2) is 77.8. The largest absolute Gasteiger partial charge is 0.472 e. The van der Waals surface area contributed by atoms with Gasteiger partial charge in [-0.1, -0.05) is 407 Å². The van der Waals surface area contributed by atoms with Gasteiger partial charge < -0.3 is 33.8 Å². The molecule has 0 aromatic rings. The summed E-state index contributed by atoms with van der Waals surface area (Å²) in [5.41, 5.74) is 0. The highest BCUT2D eigenvalue weighted by molar-refractivity contribution is 7.47. The van der Waals surface area contributed by atoms with Gasteiger partial charge in [-0.2, -0.15) is 0 Å². The van der Waals surface area contributed by atoms with Crippen LogP contribution in [0.4, 0.5) is 0 Å². The number of phosphoric acid groups is 2. The van der Waals surface area contributed by atoms with E-state index >= 15 is 0 Å². The van der Waals surface area contributed by atoms with Gasteiger partial charge >= 0.3 is 39.5 Å². The summed E-state index contributed by atoms with van der Waals surface area (Å²) in [6, 6.07) is 0. The number of aliphatic hydroxyl groups excluding tert-OH is 1. The molecule has 2 unspecified atom stereocenters. The smallest absolute Gasteiger partial charge is 0.462 e. The van der Waals surface area contributed by atoms with Crippen molar-refractivity contribution in [2.75, 3.05) is 39.6 Å². The maximum atomic E-state index is 13.1. The van der Waals surface area contributed by atoms with Crippen LogP contribution in [0.15, 0.2) is 0 Å². The Morgan fingerprint density at radius 3 is 0.654 bits per heavy atom. The zero-order valence-corrected chi connectivity index (χ0v) is 70.0. The average molecular weight is 1520 g/mol. The highest BCUT2D eigenvalue weighted by Crippen LogP contribution is 2.45. The van der Waals surface area contributed by atoms with Crippen molar-refractivity contribution in [3.63, 3.8) is 0 Å². The van der Waals surface area contributed by atoms with Crippen molar-refractivity contribution in [1.29, 1.82) is 0 Å². The zero-order valence-electron chi connectivity index (χ0n) is 68.2. The van der Waals surface area contributed by atoms with Crippen LogP contribution in [-0.4, -0.2) is 96.7 Å². The van der Waals surface area contributed by atoms with Crippen LogP contribution in [0.1, 0.15) is 458 Å². The fraction of sp³-hybridized carbons (Fsp3) is 0.953. The number of phosphoric ester groups is 2. The summed E-state index contributed by atoms with van der Waals surface area (Å²) in [4.78, 5) is 73.1. The SMILES string of the molecule is CCCCCCCCCCCCCCCCCCCCCCCC(=O)OC[C@H](COP(=O)(O)OC[C@@H](O)COP(=O)(O)OC[C@@H](COC(=O)CCCCCCCCCCCCC)OC(=O)CCCCCCCCCCCCC)OC(=O)CCCCCCCCCCCCCCCCCCCCC(C)C. The molecule has 0 aromatic heterocycles. The van der Waals surface area contributed by atoms with E-state index in [4.69, 9.17) is 37.0 Å². The molecule has 19 heteroatoms. The maximum Gasteiger partial charge on any atom is 0.472 e. The molecular weight excluding hydrogens is 1350 g/mol.